The lowest BCUT2D eigenvalue weighted by molar-refractivity contribution is 0.0742. The number of pyridine rings is 1. The second kappa shape index (κ2) is 7.96. The lowest BCUT2D eigenvalue weighted by atomic mass is 10.2. The lowest BCUT2D eigenvalue weighted by Crippen LogP contribution is -2.38. The molecular weight excluding hydrogens is 366 g/mol. The van der Waals surface area contributed by atoms with Gasteiger partial charge in [-0.3, -0.25) is 9.78 Å². The summed E-state index contributed by atoms with van der Waals surface area (Å²) >= 11 is 0. The molecule has 1 aliphatic heterocycles. The van der Waals surface area contributed by atoms with E-state index in [9.17, 15) is 13.2 Å². The minimum Gasteiger partial charge on any atom is -0.492 e. The van der Waals surface area contributed by atoms with Crippen LogP contribution in [0.5, 0.6) is 5.75 Å². The van der Waals surface area contributed by atoms with Gasteiger partial charge in [-0.05, 0) is 37.6 Å². The molecule has 1 N–H and O–H groups in total. The van der Waals surface area contributed by atoms with Crippen molar-refractivity contribution >= 4 is 27.1 Å². The Hall–Kier alpha value is -2.61. The molecule has 1 saturated heterocycles. The van der Waals surface area contributed by atoms with Gasteiger partial charge in [0.1, 0.15) is 11.4 Å². The van der Waals surface area contributed by atoms with Crippen LogP contribution in [0.1, 0.15) is 23.8 Å². The van der Waals surface area contributed by atoms with Crippen LogP contribution in [0.4, 0.5) is 11.4 Å². The molecule has 2 aromatic rings. The van der Waals surface area contributed by atoms with Crippen molar-refractivity contribution in [3.63, 3.8) is 0 Å². The van der Waals surface area contributed by atoms with Crippen LogP contribution in [0, 0.1) is 0 Å². The van der Waals surface area contributed by atoms with Gasteiger partial charge in [0.25, 0.3) is 5.91 Å². The van der Waals surface area contributed by atoms with Crippen molar-refractivity contribution < 1.29 is 17.9 Å². The van der Waals surface area contributed by atoms with Crippen LogP contribution in [0.15, 0.2) is 42.6 Å². The molecule has 1 aromatic heterocycles. The Balaban J connectivity index is 1.77. The second-order valence-electron chi connectivity index (χ2n) is 6.46. The van der Waals surface area contributed by atoms with Crippen LogP contribution in [-0.4, -0.2) is 55.4 Å². The molecule has 0 radical (unpaired) electrons. The van der Waals surface area contributed by atoms with Crippen LogP contribution >= 0.6 is 0 Å². The highest BCUT2D eigenvalue weighted by Gasteiger charge is 2.33. The summed E-state index contributed by atoms with van der Waals surface area (Å²) in [5.41, 5.74) is 1.76. The predicted octanol–water partition coefficient (Wildman–Crippen LogP) is 2.48. The van der Waals surface area contributed by atoms with E-state index in [0.717, 1.165) is 11.4 Å². The largest absolute Gasteiger partial charge is 0.492 e. The van der Waals surface area contributed by atoms with Gasteiger partial charge >= 0.3 is 0 Å². The van der Waals surface area contributed by atoms with Gasteiger partial charge in [0.2, 0.25) is 0 Å². The van der Waals surface area contributed by atoms with Crippen molar-refractivity contribution in [2.24, 2.45) is 0 Å². The van der Waals surface area contributed by atoms with Gasteiger partial charge in [0.15, 0.2) is 9.84 Å². The highest BCUT2D eigenvalue weighted by Crippen LogP contribution is 2.27. The normalized spacial score (nSPS) is 18.1. The Kier molecular flexibility index (Phi) is 5.65. The minimum absolute atomic E-state index is 0.00884. The fraction of sp³-hybridized carbons (Fsp3) is 0.368. The topological polar surface area (TPSA) is 88.6 Å². The standard InChI is InChI=1S/C19H23N3O4S/c1-3-26-18-7-5-4-6-16(18)21-14-8-10-20-17(12-14)19(23)22(2)15-9-11-27(24,25)13-15/h4-8,10,12,15H,3,9,11,13H2,1-2H3,(H,20,21). The molecule has 0 aliphatic carbocycles. The Morgan fingerprint density at radius 1 is 1.33 bits per heavy atom. The second-order valence-corrected chi connectivity index (χ2v) is 8.69. The number of anilines is 2. The molecule has 0 bridgehead atoms. The number of amides is 1. The van der Waals surface area contributed by atoms with Crippen molar-refractivity contribution in [1.82, 2.24) is 9.88 Å². The van der Waals surface area contributed by atoms with E-state index < -0.39 is 9.84 Å². The fourth-order valence-corrected chi connectivity index (χ4v) is 4.83. The highest BCUT2D eigenvalue weighted by atomic mass is 32.2. The number of para-hydroxylation sites is 2. The summed E-state index contributed by atoms with van der Waals surface area (Å²) in [6.45, 7) is 2.47. The molecule has 27 heavy (non-hydrogen) atoms. The van der Waals surface area contributed by atoms with Gasteiger partial charge in [-0.15, -0.1) is 0 Å². The van der Waals surface area contributed by atoms with Crippen molar-refractivity contribution in [2.75, 3.05) is 30.5 Å². The molecule has 8 heteroatoms. The number of sulfone groups is 1. The zero-order valence-corrected chi connectivity index (χ0v) is 16.2. The summed E-state index contributed by atoms with van der Waals surface area (Å²) in [6.07, 6.45) is 2.02. The number of ether oxygens (including phenoxy) is 1. The molecule has 1 amide bonds. The van der Waals surface area contributed by atoms with Crippen LogP contribution < -0.4 is 10.1 Å². The van der Waals surface area contributed by atoms with Gasteiger partial charge in [-0.2, -0.15) is 0 Å². The van der Waals surface area contributed by atoms with Crippen molar-refractivity contribution in [1.29, 1.82) is 0 Å². The van der Waals surface area contributed by atoms with Crippen LogP contribution in [0.25, 0.3) is 0 Å². The molecule has 3 rings (SSSR count). The maximum absolute atomic E-state index is 12.7. The average molecular weight is 389 g/mol. The van der Waals surface area contributed by atoms with Crippen molar-refractivity contribution in [2.45, 2.75) is 19.4 Å². The third-order valence-corrected chi connectivity index (χ3v) is 6.27. The summed E-state index contributed by atoms with van der Waals surface area (Å²) in [4.78, 5) is 18.4. The summed E-state index contributed by atoms with van der Waals surface area (Å²) in [5, 5.41) is 3.24. The van der Waals surface area contributed by atoms with Gasteiger partial charge in [-0.25, -0.2) is 8.42 Å². The third kappa shape index (κ3) is 4.57. The number of rotatable bonds is 6. The molecule has 1 atom stereocenters. The van der Waals surface area contributed by atoms with Gasteiger partial charge in [0.05, 0.1) is 23.8 Å². The Morgan fingerprint density at radius 3 is 2.81 bits per heavy atom. The number of carbonyl (C=O) groups excluding carboxylic acids is 1. The molecule has 7 nitrogen and oxygen atoms in total. The molecule has 1 fully saturated rings. The zero-order chi connectivity index (χ0) is 19.4. The Bertz CT molecular complexity index is 930. The number of hydrogen-bond donors (Lipinski definition) is 1. The Labute approximate surface area is 159 Å². The predicted molar refractivity (Wildman–Crippen MR) is 104 cm³/mol. The maximum Gasteiger partial charge on any atom is 0.272 e. The van der Waals surface area contributed by atoms with Crippen LogP contribution in [-0.2, 0) is 9.84 Å². The molecule has 1 aliphatic rings. The number of nitrogens with zero attached hydrogens (tertiary/aromatic N) is 2. The smallest absolute Gasteiger partial charge is 0.272 e. The summed E-state index contributed by atoms with van der Waals surface area (Å²) in [5.74, 6) is 0.560. The van der Waals surface area contributed by atoms with Crippen LogP contribution in [0.2, 0.25) is 0 Å². The monoisotopic (exact) mass is 389 g/mol. The van der Waals surface area contributed by atoms with E-state index in [4.69, 9.17) is 4.74 Å². The summed E-state index contributed by atoms with van der Waals surface area (Å²) in [6, 6.07) is 10.7. The molecular formula is C19H23N3O4S. The molecule has 0 spiro atoms. The van der Waals surface area contributed by atoms with Crippen molar-refractivity contribution in [3.8, 4) is 5.75 Å². The van der Waals surface area contributed by atoms with E-state index in [1.807, 2.05) is 31.2 Å². The van der Waals surface area contributed by atoms with E-state index in [0.29, 0.717) is 18.7 Å². The molecule has 2 heterocycles. The highest BCUT2D eigenvalue weighted by molar-refractivity contribution is 7.91. The molecule has 1 aromatic carbocycles. The minimum atomic E-state index is -3.06. The first-order chi connectivity index (χ1) is 12.9. The zero-order valence-electron chi connectivity index (χ0n) is 15.4. The average Bonchev–Trinajstić information content (AvgIpc) is 3.02. The number of nitrogens with one attached hydrogen (secondary N) is 1. The van der Waals surface area contributed by atoms with Crippen LogP contribution in [0.3, 0.4) is 0 Å². The SMILES string of the molecule is CCOc1ccccc1Nc1ccnc(C(=O)N(C)C2CCS(=O)(=O)C2)c1. The Morgan fingerprint density at radius 2 is 2.11 bits per heavy atom. The summed E-state index contributed by atoms with van der Waals surface area (Å²) < 4.78 is 28.9. The van der Waals surface area contributed by atoms with Gasteiger partial charge in [0, 0.05) is 25.0 Å². The van der Waals surface area contributed by atoms with Crippen molar-refractivity contribution in [3.05, 3.63) is 48.3 Å². The quantitative estimate of drug-likeness (QED) is 0.817. The third-order valence-electron chi connectivity index (χ3n) is 4.52. The molecule has 144 valence electrons. The number of carbonyl (C=O) groups is 1. The van der Waals surface area contributed by atoms with Gasteiger partial charge in [-0.1, -0.05) is 12.1 Å². The van der Waals surface area contributed by atoms with E-state index in [1.165, 1.54) is 4.90 Å². The molecule has 0 saturated carbocycles. The first-order valence-corrected chi connectivity index (χ1v) is 10.6. The number of aromatic nitrogens is 1. The van der Waals surface area contributed by atoms with E-state index in [1.54, 1.807) is 25.4 Å². The van der Waals surface area contributed by atoms with E-state index in [-0.39, 0.29) is 29.1 Å². The van der Waals surface area contributed by atoms with E-state index >= 15 is 0 Å². The maximum atomic E-state index is 12.7. The first-order valence-electron chi connectivity index (χ1n) is 8.82. The fourth-order valence-electron chi connectivity index (χ4n) is 3.06. The molecule has 1 unspecified atom stereocenters. The number of benzene rings is 1. The van der Waals surface area contributed by atoms with E-state index in [2.05, 4.69) is 10.3 Å². The first kappa shape index (κ1) is 19.2. The number of hydrogen-bond acceptors (Lipinski definition) is 6. The van der Waals surface area contributed by atoms with Gasteiger partial charge < -0.3 is 15.0 Å². The lowest BCUT2D eigenvalue weighted by Gasteiger charge is -2.23. The summed E-state index contributed by atoms with van der Waals surface area (Å²) in [7, 11) is -1.43.